The van der Waals surface area contributed by atoms with Crippen LogP contribution in [0.1, 0.15) is 38.7 Å². The van der Waals surface area contributed by atoms with Crippen LogP contribution in [0.3, 0.4) is 0 Å². The molecule has 9 nitrogen and oxygen atoms in total. The maximum atomic E-state index is 14.2. The van der Waals surface area contributed by atoms with Gasteiger partial charge in [0, 0.05) is 24.2 Å². The average molecular weight is 614 g/mol. The minimum Gasteiger partial charge on any atom is -0.486 e. The molecule has 2 amide bonds. The number of nitrogens with zero attached hydrogens (tertiary/aromatic N) is 2. The molecule has 1 aliphatic heterocycles. The lowest BCUT2D eigenvalue weighted by Crippen LogP contribution is -2.52. The third-order valence-corrected chi connectivity index (χ3v) is 8.95. The lowest BCUT2D eigenvalue weighted by atomic mass is 10.1. The van der Waals surface area contributed by atoms with Crippen molar-refractivity contribution < 1.29 is 27.5 Å². The summed E-state index contributed by atoms with van der Waals surface area (Å²) < 4.78 is 40.4. The number of benzene rings is 3. The molecule has 1 heterocycles. The van der Waals surface area contributed by atoms with Crippen LogP contribution in [0.15, 0.2) is 77.7 Å². The molecule has 42 heavy (non-hydrogen) atoms. The Labute approximate surface area is 252 Å². The van der Waals surface area contributed by atoms with Crippen molar-refractivity contribution in [2.75, 3.05) is 30.6 Å². The topological polar surface area (TPSA) is 105 Å². The van der Waals surface area contributed by atoms with Crippen molar-refractivity contribution in [3.63, 3.8) is 0 Å². The number of amides is 2. The summed E-state index contributed by atoms with van der Waals surface area (Å²) in [5.74, 6) is 0.0636. The Morgan fingerprint density at radius 3 is 2.31 bits per heavy atom. The van der Waals surface area contributed by atoms with Gasteiger partial charge in [-0.1, -0.05) is 62.2 Å². The molecular weight excluding hydrogens is 578 g/mol. The Hall–Kier alpha value is -3.76. The van der Waals surface area contributed by atoms with Gasteiger partial charge in [-0.3, -0.25) is 13.9 Å². The largest absolute Gasteiger partial charge is 0.486 e. The Morgan fingerprint density at radius 1 is 0.952 bits per heavy atom. The van der Waals surface area contributed by atoms with E-state index in [4.69, 9.17) is 21.1 Å². The van der Waals surface area contributed by atoms with E-state index in [0.717, 1.165) is 22.7 Å². The number of rotatable bonds is 13. The van der Waals surface area contributed by atoms with Gasteiger partial charge >= 0.3 is 0 Å². The first kappa shape index (κ1) is 31.2. The van der Waals surface area contributed by atoms with Crippen LogP contribution in [0.25, 0.3) is 0 Å². The van der Waals surface area contributed by atoms with Gasteiger partial charge in [-0.25, -0.2) is 8.42 Å². The monoisotopic (exact) mass is 613 g/mol. The van der Waals surface area contributed by atoms with Crippen molar-refractivity contribution in [1.29, 1.82) is 0 Å². The smallest absolute Gasteiger partial charge is 0.264 e. The van der Waals surface area contributed by atoms with Gasteiger partial charge in [-0.15, -0.1) is 0 Å². The highest BCUT2D eigenvalue weighted by molar-refractivity contribution is 7.92. The number of hydrogen-bond acceptors (Lipinski definition) is 6. The summed E-state index contributed by atoms with van der Waals surface area (Å²) in [6, 6.07) is 18.9. The molecule has 3 aromatic rings. The summed E-state index contributed by atoms with van der Waals surface area (Å²) in [6.45, 7) is 4.60. The fourth-order valence-corrected chi connectivity index (χ4v) is 6.20. The third-order valence-electron chi connectivity index (χ3n) is 6.91. The molecule has 0 spiro atoms. The van der Waals surface area contributed by atoms with E-state index in [-0.39, 0.29) is 23.0 Å². The van der Waals surface area contributed by atoms with Crippen LogP contribution in [0.2, 0.25) is 5.02 Å². The first-order chi connectivity index (χ1) is 20.2. The second-order valence-corrected chi connectivity index (χ2v) is 12.2. The Morgan fingerprint density at radius 2 is 1.64 bits per heavy atom. The molecule has 224 valence electrons. The first-order valence-corrected chi connectivity index (χ1v) is 15.9. The lowest BCUT2D eigenvalue weighted by Gasteiger charge is -2.33. The number of ether oxygens (including phenoxy) is 2. The molecule has 0 unspecified atom stereocenters. The van der Waals surface area contributed by atoms with Crippen molar-refractivity contribution in [1.82, 2.24) is 10.2 Å². The molecule has 4 rings (SSSR count). The van der Waals surface area contributed by atoms with Gasteiger partial charge in [0.25, 0.3) is 10.0 Å². The number of halogens is 1. The molecule has 0 aliphatic carbocycles. The van der Waals surface area contributed by atoms with Crippen LogP contribution in [0, 0.1) is 0 Å². The van der Waals surface area contributed by atoms with Crippen LogP contribution in [0.4, 0.5) is 5.69 Å². The van der Waals surface area contributed by atoms with Gasteiger partial charge in [0.2, 0.25) is 11.8 Å². The quantitative estimate of drug-likeness (QED) is 0.271. The molecule has 1 atom stereocenters. The van der Waals surface area contributed by atoms with E-state index in [2.05, 4.69) is 5.32 Å². The minimum absolute atomic E-state index is 0.0290. The molecule has 0 saturated heterocycles. The fourth-order valence-electron chi connectivity index (χ4n) is 4.65. The van der Waals surface area contributed by atoms with E-state index in [0.29, 0.717) is 42.7 Å². The van der Waals surface area contributed by atoms with Crippen molar-refractivity contribution in [3.05, 3.63) is 83.4 Å². The lowest BCUT2D eigenvalue weighted by molar-refractivity contribution is -0.140. The van der Waals surface area contributed by atoms with E-state index in [9.17, 15) is 18.0 Å². The Kier molecular flexibility index (Phi) is 10.7. The van der Waals surface area contributed by atoms with Crippen molar-refractivity contribution in [2.45, 2.75) is 50.6 Å². The van der Waals surface area contributed by atoms with E-state index >= 15 is 0 Å². The van der Waals surface area contributed by atoms with Crippen molar-refractivity contribution >= 4 is 39.1 Å². The number of unbranched alkanes of at least 4 members (excludes halogenated alkanes) is 1. The maximum absolute atomic E-state index is 14.2. The molecule has 0 fully saturated rings. The third kappa shape index (κ3) is 7.54. The highest BCUT2D eigenvalue weighted by Gasteiger charge is 2.34. The molecule has 0 bridgehead atoms. The minimum atomic E-state index is -4.19. The molecular formula is C31H36ClN3O6S. The molecule has 0 aromatic heterocycles. The average Bonchev–Trinajstić information content (AvgIpc) is 3.01. The maximum Gasteiger partial charge on any atom is 0.264 e. The fraction of sp³-hybridized carbons (Fsp3) is 0.355. The number of fused-ring (bicyclic) bond motifs is 1. The number of anilines is 1. The summed E-state index contributed by atoms with van der Waals surface area (Å²) in [4.78, 5) is 28.9. The summed E-state index contributed by atoms with van der Waals surface area (Å²) in [5.41, 5.74) is 0.993. The Balaban J connectivity index is 1.72. The van der Waals surface area contributed by atoms with Crippen LogP contribution < -0.4 is 19.1 Å². The predicted octanol–water partition coefficient (Wildman–Crippen LogP) is 5.03. The van der Waals surface area contributed by atoms with Crippen LogP contribution in [0.5, 0.6) is 11.5 Å². The van der Waals surface area contributed by atoms with E-state index in [1.165, 1.54) is 17.0 Å². The molecule has 3 aromatic carbocycles. The van der Waals surface area contributed by atoms with Gasteiger partial charge in [0.15, 0.2) is 11.5 Å². The number of sulfonamides is 1. The molecule has 1 aliphatic rings. The number of carbonyl (C=O) groups excluding carboxylic acids is 2. The SMILES string of the molecule is CCCCNC(=O)[C@H](CC)N(Cc1ccc(Cl)cc1)C(=O)CN(c1ccc2c(c1)OCCO2)S(=O)(=O)c1ccccc1. The highest BCUT2D eigenvalue weighted by Crippen LogP contribution is 2.36. The van der Waals surface area contributed by atoms with Gasteiger partial charge in [-0.2, -0.15) is 0 Å². The van der Waals surface area contributed by atoms with Gasteiger partial charge < -0.3 is 19.7 Å². The Bertz CT molecular complexity index is 1470. The van der Waals surface area contributed by atoms with E-state index in [1.54, 1.807) is 60.7 Å². The van der Waals surface area contributed by atoms with Gasteiger partial charge in [0.05, 0.1) is 10.6 Å². The zero-order valence-electron chi connectivity index (χ0n) is 23.8. The summed E-state index contributed by atoms with van der Waals surface area (Å²) in [7, 11) is -4.19. The van der Waals surface area contributed by atoms with Gasteiger partial charge in [0.1, 0.15) is 25.8 Å². The second kappa shape index (κ2) is 14.4. The van der Waals surface area contributed by atoms with Crippen LogP contribution in [-0.2, 0) is 26.2 Å². The molecule has 11 heteroatoms. The second-order valence-electron chi connectivity index (χ2n) is 9.87. The standard InChI is InChI=1S/C31H36ClN3O6S/c1-3-5-17-33-31(37)27(4-2)34(21-23-11-13-24(32)14-12-23)30(36)22-35(42(38,39)26-9-7-6-8-10-26)25-15-16-28-29(20-25)41-19-18-40-28/h6-16,20,27H,3-5,17-19,21-22H2,1-2H3,(H,33,37)/t27-/m0/s1. The predicted molar refractivity (Wildman–Crippen MR) is 162 cm³/mol. The number of carbonyl (C=O) groups is 2. The molecule has 0 radical (unpaired) electrons. The van der Waals surface area contributed by atoms with Crippen molar-refractivity contribution in [2.24, 2.45) is 0 Å². The normalized spacial score (nSPS) is 13.2. The molecule has 0 saturated carbocycles. The number of hydrogen-bond donors (Lipinski definition) is 1. The van der Waals surface area contributed by atoms with E-state index < -0.39 is 28.5 Å². The first-order valence-electron chi connectivity index (χ1n) is 14.0. The number of nitrogens with one attached hydrogen (secondary N) is 1. The molecule has 1 N–H and O–H groups in total. The zero-order valence-corrected chi connectivity index (χ0v) is 25.4. The highest BCUT2D eigenvalue weighted by atomic mass is 35.5. The van der Waals surface area contributed by atoms with Crippen LogP contribution >= 0.6 is 11.6 Å². The van der Waals surface area contributed by atoms with E-state index in [1.807, 2.05) is 13.8 Å². The van der Waals surface area contributed by atoms with Crippen LogP contribution in [-0.4, -0.2) is 57.5 Å². The zero-order chi connectivity index (χ0) is 30.1. The van der Waals surface area contributed by atoms with Gasteiger partial charge in [-0.05, 0) is 54.8 Å². The summed E-state index contributed by atoms with van der Waals surface area (Å²) >= 11 is 6.08. The summed E-state index contributed by atoms with van der Waals surface area (Å²) in [6.07, 6.45) is 2.06. The summed E-state index contributed by atoms with van der Waals surface area (Å²) in [5, 5.41) is 3.47. The van der Waals surface area contributed by atoms with Crippen molar-refractivity contribution in [3.8, 4) is 11.5 Å².